The van der Waals surface area contributed by atoms with Crippen LogP contribution in [0.1, 0.15) is 5.56 Å². The Morgan fingerprint density at radius 2 is 2.14 bits per heavy atom. The van der Waals surface area contributed by atoms with Gasteiger partial charge in [-0.05, 0) is 39.7 Å². The van der Waals surface area contributed by atoms with Crippen molar-refractivity contribution in [2.45, 2.75) is 0 Å². The van der Waals surface area contributed by atoms with Crippen molar-refractivity contribution in [2.24, 2.45) is 0 Å². The second-order valence-electron chi connectivity index (χ2n) is 4.24. The second kappa shape index (κ2) is 7.45. The highest BCUT2D eigenvalue weighted by Crippen LogP contribution is 2.27. The average molecular weight is 353 g/mol. The number of nitrogens with zero attached hydrogens (tertiary/aromatic N) is 2. The van der Waals surface area contributed by atoms with Gasteiger partial charge in [0.2, 0.25) is 0 Å². The fraction of sp³-hybridized carbons (Fsp3) is 0.214. The van der Waals surface area contributed by atoms with E-state index in [1.54, 1.807) is 32.3 Å². The van der Waals surface area contributed by atoms with Crippen LogP contribution in [0.4, 0.5) is 0 Å². The predicted octanol–water partition coefficient (Wildman–Crippen LogP) is 1.91. The van der Waals surface area contributed by atoms with Gasteiger partial charge in [-0.1, -0.05) is 6.07 Å². The fourth-order valence-electron chi connectivity index (χ4n) is 1.41. The lowest BCUT2D eigenvalue weighted by molar-refractivity contribution is -0.139. The SMILES string of the molecule is CN(C)C(=O)/C(C#N)=C\c1ccc(OCC(=O)O)c(Br)c1. The summed E-state index contributed by atoms with van der Waals surface area (Å²) in [6, 6.07) is 6.68. The number of hydrogen-bond acceptors (Lipinski definition) is 4. The van der Waals surface area contributed by atoms with Crippen molar-refractivity contribution in [2.75, 3.05) is 20.7 Å². The molecule has 0 aliphatic rings. The summed E-state index contributed by atoms with van der Waals surface area (Å²) in [5.74, 6) is -1.10. The summed E-state index contributed by atoms with van der Waals surface area (Å²) in [7, 11) is 3.12. The van der Waals surface area contributed by atoms with Crippen molar-refractivity contribution in [3.63, 3.8) is 0 Å². The lowest BCUT2D eigenvalue weighted by Crippen LogP contribution is -2.22. The summed E-state index contributed by atoms with van der Waals surface area (Å²) in [6.07, 6.45) is 1.45. The van der Waals surface area contributed by atoms with E-state index in [9.17, 15) is 9.59 Å². The molecule has 0 bridgehead atoms. The van der Waals surface area contributed by atoms with E-state index in [-0.39, 0.29) is 11.5 Å². The minimum atomic E-state index is -1.07. The zero-order valence-electron chi connectivity index (χ0n) is 11.5. The minimum absolute atomic E-state index is 0.00565. The average Bonchev–Trinajstić information content (AvgIpc) is 2.42. The molecule has 1 N–H and O–H groups in total. The van der Waals surface area contributed by atoms with Crippen molar-refractivity contribution >= 4 is 33.9 Å². The molecule has 0 aliphatic carbocycles. The van der Waals surface area contributed by atoms with Gasteiger partial charge in [-0.2, -0.15) is 5.26 Å². The highest BCUT2D eigenvalue weighted by Gasteiger charge is 2.11. The Kier molecular flexibility index (Phi) is 5.93. The number of carbonyl (C=O) groups is 2. The molecular formula is C14H13BrN2O4. The number of carbonyl (C=O) groups excluding carboxylic acids is 1. The molecule has 110 valence electrons. The van der Waals surface area contributed by atoms with Gasteiger partial charge in [-0.25, -0.2) is 4.79 Å². The molecule has 1 rings (SSSR count). The van der Waals surface area contributed by atoms with Crippen molar-refractivity contribution in [1.82, 2.24) is 4.90 Å². The highest BCUT2D eigenvalue weighted by atomic mass is 79.9. The Morgan fingerprint density at radius 3 is 2.62 bits per heavy atom. The van der Waals surface area contributed by atoms with Gasteiger partial charge >= 0.3 is 5.97 Å². The van der Waals surface area contributed by atoms with Crippen LogP contribution in [-0.4, -0.2) is 42.6 Å². The summed E-state index contributed by atoms with van der Waals surface area (Å²) >= 11 is 3.25. The third-order valence-electron chi connectivity index (χ3n) is 2.38. The molecule has 0 saturated carbocycles. The molecule has 6 nitrogen and oxygen atoms in total. The standard InChI is InChI=1S/C14H13BrN2O4/c1-17(2)14(20)10(7-16)5-9-3-4-12(11(15)6-9)21-8-13(18)19/h3-6H,8H2,1-2H3,(H,18,19)/b10-5-. The molecule has 21 heavy (non-hydrogen) atoms. The smallest absolute Gasteiger partial charge is 0.341 e. The highest BCUT2D eigenvalue weighted by molar-refractivity contribution is 9.10. The third-order valence-corrected chi connectivity index (χ3v) is 2.99. The van der Waals surface area contributed by atoms with E-state index in [0.29, 0.717) is 15.8 Å². The molecule has 0 unspecified atom stereocenters. The number of rotatable bonds is 5. The quantitative estimate of drug-likeness (QED) is 0.645. The van der Waals surface area contributed by atoms with Gasteiger partial charge < -0.3 is 14.7 Å². The van der Waals surface area contributed by atoms with Crippen LogP contribution in [0.5, 0.6) is 5.75 Å². The molecule has 1 aromatic rings. The van der Waals surface area contributed by atoms with Crippen LogP contribution in [-0.2, 0) is 9.59 Å². The maximum absolute atomic E-state index is 11.7. The Morgan fingerprint density at radius 1 is 1.48 bits per heavy atom. The Bertz CT molecular complexity index is 632. The number of likely N-dealkylation sites (N-methyl/N-ethyl adjacent to an activating group) is 1. The largest absolute Gasteiger partial charge is 0.481 e. The molecule has 0 fully saturated rings. The molecule has 0 spiro atoms. The first-order valence-electron chi connectivity index (χ1n) is 5.82. The number of aliphatic carboxylic acids is 1. The molecule has 0 aromatic heterocycles. The van der Waals surface area contributed by atoms with Gasteiger partial charge in [0.05, 0.1) is 4.47 Å². The van der Waals surface area contributed by atoms with Crippen molar-refractivity contribution < 1.29 is 19.4 Å². The molecule has 0 aliphatic heterocycles. The van der Waals surface area contributed by atoms with Gasteiger partial charge in [0.25, 0.3) is 5.91 Å². The molecule has 1 aromatic carbocycles. The Hall–Kier alpha value is -2.33. The first-order valence-corrected chi connectivity index (χ1v) is 6.62. The second-order valence-corrected chi connectivity index (χ2v) is 5.10. The summed E-state index contributed by atoms with van der Waals surface area (Å²) < 4.78 is 5.60. The first kappa shape index (κ1) is 16.7. The number of ether oxygens (including phenoxy) is 1. The van der Waals surface area contributed by atoms with E-state index >= 15 is 0 Å². The van der Waals surface area contributed by atoms with Crippen molar-refractivity contribution in [3.8, 4) is 11.8 Å². The fourth-order valence-corrected chi connectivity index (χ4v) is 1.92. The third kappa shape index (κ3) is 4.93. The van der Waals surface area contributed by atoms with Gasteiger partial charge in [-0.3, -0.25) is 4.79 Å². The number of benzene rings is 1. The summed E-state index contributed by atoms with van der Waals surface area (Å²) in [5.41, 5.74) is 0.627. The van der Waals surface area contributed by atoms with E-state index in [1.807, 2.05) is 6.07 Å². The monoisotopic (exact) mass is 352 g/mol. The zero-order valence-corrected chi connectivity index (χ0v) is 13.0. The predicted molar refractivity (Wildman–Crippen MR) is 79.6 cm³/mol. The molecule has 0 atom stereocenters. The number of halogens is 1. The molecule has 0 heterocycles. The van der Waals surface area contributed by atoms with E-state index in [4.69, 9.17) is 15.1 Å². The number of nitriles is 1. The number of hydrogen-bond donors (Lipinski definition) is 1. The molecular weight excluding hydrogens is 340 g/mol. The van der Waals surface area contributed by atoms with Crippen LogP contribution in [0.2, 0.25) is 0 Å². The molecule has 0 radical (unpaired) electrons. The van der Waals surface area contributed by atoms with Gasteiger partial charge in [0.1, 0.15) is 17.4 Å². The summed E-state index contributed by atoms with van der Waals surface area (Å²) in [5, 5.41) is 17.6. The van der Waals surface area contributed by atoms with Gasteiger partial charge in [0, 0.05) is 14.1 Å². The Labute approximate surface area is 130 Å². The number of carboxylic acids is 1. The summed E-state index contributed by atoms with van der Waals surface area (Å²) in [6.45, 7) is -0.448. The van der Waals surface area contributed by atoms with E-state index < -0.39 is 12.6 Å². The van der Waals surface area contributed by atoms with Crippen LogP contribution in [0.3, 0.4) is 0 Å². The minimum Gasteiger partial charge on any atom is -0.481 e. The molecule has 1 amide bonds. The van der Waals surface area contributed by atoms with Crippen LogP contribution in [0.15, 0.2) is 28.2 Å². The van der Waals surface area contributed by atoms with Crippen LogP contribution < -0.4 is 4.74 Å². The van der Waals surface area contributed by atoms with Crippen molar-refractivity contribution in [3.05, 3.63) is 33.8 Å². The van der Waals surface area contributed by atoms with E-state index in [1.165, 1.54) is 11.0 Å². The van der Waals surface area contributed by atoms with Crippen LogP contribution in [0, 0.1) is 11.3 Å². The maximum Gasteiger partial charge on any atom is 0.341 e. The first-order chi connectivity index (χ1) is 9.85. The lowest BCUT2D eigenvalue weighted by Gasteiger charge is -2.09. The summed E-state index contributed by atoms with van der Waals surface area (Å²) in [4.78, 5) is 23.5. The van der Waals surface area contributed by atoms with Crippen LogP contribution >= 0.6 is 15.9 Å². The van der Waals surface area contributed by atoms with Crippen LogP contribution in [0.25, 0.3) is 6.08 Å². The van der Waals surface area contributed by atoms with E-state index in [2.05, 4.69) is 15.9 Å². The number of amides is 1. The normalized spacial score (nSPS) is 10.7. The maximum atomic E-state index is 11.7. The zero-order chi connectivity index (χ0) is 16.0. The molecule has 0 saturated heterocycles. The topological polar surface area (TPSA) is 90.6 Å². The lowest BCUT2D eigenvalue weighted by atomic mass is 10.1. The van der Waals surface area contributed by atoms with Gasteiger partial charge in [0.15, 0.2) is 6.61 Å². The Balaban J connectivity index is 3.00. The van der Waals surface area contributed by atoms with E-state index in [0.717, 1.165) is 0 Å². The van der Waals surface area contributed by atoms with Crippen molar-refractivity contribution in [1.29, 1.82) is 5.26 Å². The molecule has 7 heteroatoms. The number of carboxylic acid groups (broad SMARTS) is 1. The van der Waals surface area contributed by atoms with Gasteiger partial charge in [-0.15, -0.1) is 0 Å².